The van der Waals surface area contributed by atoms with Crippen LogP contribution in [0, 0.1) is 0 Å². The van der Waals surface area contributed by atoms with Crippen molar-refractivity contribution in [1.82, 2.24) is 35.6 Å². The van der Waals surface area contributed by atoms with E-state index >= 15 is 0 Å². The Morgan fingerprint density at radius 1 is 1.28 bits per heavy atom. The zero-order valence-electron chi connectivity index (χ0n) is 17.1. The Kier molecular flexibility index (Phi) is 6.61. The third kappa shape index (κ3) is 4.86. The van der Waals surface area contributed by atoms with Crippen LogP contribution >= 0.6 is 11.6 Å². The van der Waals surface area contributed by atoms with Crippen LogP contribution in [0.25, 0.3) is 5.82 Å². The van der Waals surface area contributed by atoms with E-state index in [1.807, 2.05) is 0 Å². The topological polar surface area (TPSA) is 161 Å². The molecule has 0 atom stereocenters. The van der Waals surface area contributed by atoms with Gasteiger partial charge in [0.2, 0.25) is 11.6 Å². The number of phenolic OH excluding ortho intramolecular Hbond substituents is 1. The maximum Gasteiger partial charge on any atom is 0.293 e. The molecule has 0 unspecified atom stereocenters. The number of likely N-dealkylation sites (tertiary alicyclic amines) is 1. The number of rotatable bonds is 6. The number of hydrogen-bond donors (Lipinski definition) is 3. The van der Waals surface area contributed by atoms with E-state index in [4.69, 9.17) is 17.3 Å². The molecule has 1 aliphatic heterocycles. The van der Waals surface area contributed by atoms with E-state index in [-0.39, 0.29) is 23.1 Å². The largest absolute Gasteiger partial charge is 0.507 e. The highest BCUT2D eigenvalue weighted by Gasteiger charge is 2.25. The van der Waals surface area contributed by atoms with Crippen LogP contribution in [-0.2, 0) is 6.54 Å². The number of nitrogens with zero attached hydrogens (tertiary/aromatic N) is 7. The molecule has 4 N–H and O–H groups in total. The van der Waals surface area contributed by atoms with Gasteiger partial charge in [-0.05, 0) is 54.4 Å². The number of halogens is 1. The van der Waals surface area contributed by atoms with Crippen LogP contribution in [0.1, 0.15) is 47.4 Å². The van der Waals surface area contributed by atoms with Crippen molar-refractivity contribution in [3.05, 3.63) is 40.2 Å². The van der Waals surface area contributed by atoms with Crippen molar-refractivity contribution in [2.45, 2.75) is 32.2 Å². The lowest BCUT2D eigenvalue weighted by atomic mass is 10.2. The molecular formula is C19H22ClN9O3. The number of benzene rings is 1. The van der Waals surface area contributed by atoms with Gasteiger partial charge >= 0.3 is 0 Å². The molecule has 32 heavy (non-hydrogen) atoms. The molecule has 3 aromatic rings. The second-order valence-electron chi connectivity index (χ2n) is 7.36. The number of nitrogens with one attached hydrogen (secondary N) is 1. The fraction of sp³-hybridized carbons (Fsp3) is 0.368. The highest BCUT2D eigenvalue weighted by Crippen LogP contribution is 2.21. The highest BCUT2D eigenvalue weighted by molar-refractivity contribution is 6.30. The molecule has 0 radical (unpaired) electrons. The summed E-state index contributed by atoms with van der Waals surface area (Å²) in [6, 6.07) is 4.51. The number of carbonyl (C=O) groups excluding carboxylic acids is 1. The third-order valence-electron chi connectivity index (χ3n) is 5.11. The summed E-state index contributed by atoms with van der Waals surface area (Å²) in [7, 11) is 0. The summed E-state index contributed by atoms with van der Waals surface area (Å²) < 4.78 is 6.04. The molecule has 1 aromatic carbocycles. The number of nitrogens with two attached hydrogens (primary N) is 1. The Morgan fingerprint density at radius 3 is 2.78 bits per heavy atom. The standard InChI is InChI=1S/C19H22ClN9O3/c20-13-5-6-15(30)12(9-13)10-22-24-19(31)16-14(11-28-7-3-1-2-4-8-28)29(27-23-16)18-17(21)25-32-26-18/h5-6,9-10,30H,1-4,7-8,11H2,(H2,21,25)(H,24,31). The van der Waals surface area contributed by atoms with Gasteiger partial charge in [0, 0.05) is 17.1 Å². The van der Waals surface area contributed by atoms with E-state index in [2.05, 4.69) is 40.7 Å². The number of hydrogen-bond acceptors (Lipinski definition) is 10. The quantitative estimate of drug-likeness (QED) is 0.368. The van der Waals surface area contributed by atoms with Gasteiger partial charge in [-0.1, -0.05) is 29.7 Å². The maximum atomic E-state index is 12.8. The number of aromatic nitrogens is 5. The Hall–Kier alpha value is -3.51. The number of amides is 1. The number of anilines is 1. The van der Waals surface area contributed by atoms with Crippen LogP contribution in [0.4, 0.5) is 5.82 Å². The lowest BCUT2D eigenvalue weighted by Crippen LogP contribution is -2.28. The molecule has 1 saturated heterocycles. The van der Waals surface area contributed by atoms with Gasteiger partial charge < -0.3 is 10.8 Å². The Labute approximate surface area is 188 Å². The van der Waals surface area contributed by atoms with Crippen LogP contribution in [0.15, 0.2) is 27.9 Å². The van der Waals surface area contributed by atoms with Gasteiger partial charge in [0.25, 0.3) is 5.91 Å². The second kappa shape index (κ2) is 9.75. The minimum absolute atomic E-state index is 0.0193. The summed E-state index contributed by atoms with van der Waals surface area (Å²) in [5.74, 6) is -0.398. The van der Waals surface area contributed by atoms with Crippen molar-refractivity contribution in [3.63, 3.8) is 0 Å². The molecule has 0 saturated carbocycles. The summed E-state index contributed by atoms with van der Waals surface area (Å²) in [5, 5.41) is 29.6. The zero-order valence-corrected chi connectivity index (χ0v) is 17.9. The number of phenols is 1. The number of carbonyl (C=O) groups is 1. The summed E-state index contributed by atoms with van der Waals surface area (Å²) in [6.07, 6.45) is 5.78. The minimum atomic E-state index is -0.575. The van der Waals surface area contributed by atoms with E-state index < -0.39 is 5.91 Å². The van der Waals surface area contributed by atoms with Crippen LogP contribution in [-0.4, -0.2) is 60.5 Å². The Morgan fingerprint density at radius 2 is 2.06 bits per heavy atom. The highest BCUT2D eigenvalue weighted by atomic mass is 35.5. The lowest BCUT2D eigenvalue weighted by Gasteiger charge is -2.20. The van der Waals surface area contributed by atoms with E-state index in [0.717, 1.165) is 25.9 Å². The molecule has 1 aliphatic rings. The SMILES string of the molecule is Nc1nonc1-n1nnc(C(=O)NN=Cc2cc(Cl)ccc2O)c1CN1CCCCCC1. The molecular weight excluding hydrogens is 438 g/mol. The molecule has 0 aliphatic carbocycles. The summed E-state index contributed by atoms with van der Waals surface area (Å²) >= 11 is 5.93. The van der Waals surface area contributed by atoms with Crippen molar-refractivity contribution in [2.75, 3.05) is 18.8 Å². The minimum Gasteiger partial charge on any atom is -0.507 e. The van der Waals surface area contributed by atoms with E-state index in [1.165, 1.54) is 35.9 Å². The van der Waals surface area contributed by atoms with Gasteiger partial charge in [-0.3, -0.25) is 9.69 Å². The molecule has 12 nitrogen and oxygen atoms in total. The van der Waals surface area contributed by atoms with Crippen LogP contribution in [0.2, 0.25) is 5.02 Å². The van der Waals surface area contributed by atoms with Crippen LogP contribution < -0.4 is 11.2 Å². The van der Waals surface area contributed by atoms with Crippen LogP contribution in [0.3, 0.4) is 0 Å². The van der Waals surface area contributed by atoms with Gasteiger partial charge in [-0.2, -0.15) is 9.78 Å². The van der Waals surface area contributed by atoms with Crippen molar-refractivity contribution >= 4 is 29.5 Å². The van der Waals surface area contributed by atoms with E-state index in [1.54, 1.807) is 6.07 Å². The first-order valence-corrected chi connectivity index (χ1v) is 10.5. The van der Waals surface area contributed by atoms with Crippen LogP contribution in [0.5, 0.6) is 5.75 Å². The molecule has 1 amide bonds. The first-order chi connectivity index (χ1) is 15.5. The number of hydrazone groups is 1. The maximum absolute atomic E-state index is 12.8. The van der Waals surface area contributed by atoms with E-state index in [0.29, 0.717) is 22.8 Å². The van der Waals surface area contributed by atoms with Gasteiger partial charge in [-0.15, -0.1) is 5.10 Å². The Balaban J connectivity index is 1.58. The smallest absolute Gasteiger partial charge is 0.293 e. The molecule has 2 aromatic heterocycles. The van der Waals surface area contributed by atoms with Gasteiger partial charge in [0.05, 0.1) is 11.9 Å². The summed E-state index contributed by atoms with van der Waals surface area (Å²) in [6.45, 7) is 2.21. The first kappa shape index (κ1) is 21.7. The average Bonchev–Trinajstić information content (AvgIpc) is 3.28. The van der Waals surface area contributed by atoms with Crippen molar-refractivity contribution < 1.29 is 14.5 Å². The fourth-order valence-electron chi connectivity index (χ4n) is 3.48. The first-order valence-electron chi connectivity index (χ1n) is 10.1. The predicted octanol–water partition coefficient (Wildman–Crippen LogP) is 1.73. The molecule has 1 fully saturated rings. The molecule has 168 valence electrons. The molecule has 0 bridgehead atoms. The summed E-state index contributed by atoms with van der Waals surface area (Å²) in [4.78, 5) is 15.1. The molecule has 0 spiro atoms. The molecule has 4 rings (SSSR count). The second-order valence-corrected chi connectivity index (χ2v) is 7.80. The van der Waals surface area contributed by atoms with Crippen molar-refractivity contribution in [1.29, 1.82) is 0 Å². The molecule has 3 heterocycles. The number of nitrogen functional groups attached to an aromatic ring is 1. The monoisotopic (exact) mass is 459 g/mol. The van der Waals surface area contributed by atoms with Gasteiger partial charge in [-0.25, -0.2) is 10.1 Å². The molecule has 13 heteroatoms. The lowest BCUT2D eigenvalue weighted by molar-refractivity contribution is 0.0947. The van der Waals surface area contributed by atoms with Gasteiger partial charge in [0.15, 0.2) is 5.69 Å². The zero-order chi connectivity index (χ0) is 22.5. The predicted molar refractivity (Wildman–Crippen MR) is 116 cm³/mol. The number of aromatic hydroxyl groups is 1. The third-order valence-corrected chi connectivity index (χ3v) is 5.34. The van der Waals surface area contributed by atoms with Gasteiger partial charge in [0.1, 0.15) is 5.75 Å². The average molecular weight is 460 g/mol. The summed E-state index contributed by atoms with van der Waals surface area (Å²) in [5.41, 5.74) is 9.16. The fourth-order valence-corrected chi connectivity index (χ4v) is 3.66. The van der Waals surface area contributed by atoms with Crippen molar-refractivity contribution in [3.8, 4) is 11.6 Å². The normalized spacial score (nSPS) is 15.2. The Bertz CT molecular complexity index is 1120. The van der Waals surface area contributed by atoms with E-state index in [9.17, 15) is 9.90 Å². The van der Waals surface area contributed by atoms with Crippen molar-refractivity contribution in [2.24, 2.45) is 5.10 Å².